The minimum atomic E-state index is -0.0650. The second-order valence-corrected chi connectivity index (χ2v) is 6.52. The normalized spacial score (nSPS) is 44.1. The highest BCUT2D eigenvalue weighted by Gasteiger charge is 2.24. The maximum Gasteiger partial charge on any atom is 0.0571 e. The molecule has 2 rings (SSSR count). The zero-order valence-electron chi connectivity index (χ0n) is 11.4. The molecule has 0 aromatic carbocycles. The Bertz CT molecular complexity index is 250. The first-order valence-corrected chi connectivity index (χ1v) is 7.51. The topological polar surface area (TPSA) is 20.2 Å². The number of hydrogen-bond donors (Lipinski definition) is 1. The van der Waals surface area contributed by atoms with Crippen LogP contribution in [0.3, 0.4) is 0 Å². The summed E-state index contributed by atoms with van der Waals surface area (Å²) in [4.78, 5) is 0. The third-order valence-electron chi connectivity index (χ3n) is 4.91. The molecule has 98 valence electrons. The summed E-state index contributed by atoms with van der Waals surface area (Å²) in [6.45, 7) is 4.55. The van der Waals surface area contributed by atoms with Crippen molar-refractivity contribution in [2.75, 3.05) is 0 Å². The monoisotopic (exact) mass is 236 g/mol. The molecule has 2 fully saturated rings. The van der Waals surface area contributed by atoms with Crippen LogP contribution in [0, 0.1) is 23.7 Å². The van der Waals surface area contributed by atoms with E-state index >= 15 is 0 Å². The van der Waals surface area contributed by atoms with Gasteiger partial charge in [-0.3, -0.25) is 0 Å². The van der Waals surface area contributed by atoms with Crippen molar-refractivity contribution in [1.29, 1.82) is 0 Å². The second kappa shape index (κ2) is 6.04. The van der Waals surface area contributed by atoms with Gasteiger partial charge < -0.3 is 5.11 Å². The van der Waals surface area contributed by atoms with Crippen molar-refractivity contribution in [2.45, 2.75) is 64.9 Å². The van der Waals surface area contributed by atoms with Gasteiger partial charge in [-0.1, -0.05) is 38.8 Å². The highest BCUT2D eigenvalue weighted by atomic mass is 16.3. The smallest absolute Gasteiger partial charge is 0.0571 e. The molecule has 0 heterocycles. The fourth-order valence-corrected chi connectivity index (χ4v) is 3.30. The van der Waals surface area contributed by atoms with E-state index in [1.807, 2.05) is 0 Å². The second-order valence-electron chi connectivity index (χ2n) is 6.52. The van der Waals surface area contributed by atoms with E-state index in [1.165, 1.54) is 38.5 Å². The van der Waals surface area contributed by atoms with Crippen LogP contribution >= 0.6 is 0 Å². The zero-order valence-corrected chi connectivity index (χ0v) is 11.4. The molecule has 0 aliphatic heterocycles. The first-order chi connectivity index (χ1) is 8.15. The van der Waals surface area contributed by atoms with Gasteiger partial charge in [-0.15, -0.1) is 0 Å². The SMILES string of the molecule is CC1CCC(C=CC2CCC(C)C(O)C2)CC1. The quantitative estimate of drug-likeness (QED) is 0.714. The van der Waals surface area contributed by atoms with Gasteiger partial charge in [0.15, 0.2) is 0 Å². The molecule has 3 atom stereocenters. The van der Waals surface area contributed by atoms with E-state index < -0.39 is 0 Å². The van der Waals surface area contributed by atoms with Gasteiger partial charge in [-0.2, -0.15) is 0 Å². The lowest BCUT2D eigenvalue weighted by molar-refractivity contribution is 0.0635. The number of aliphatic hydroxyl groups excluding tert-OH is 1. The molecule has 3 unspecified atom stereocenters. The van der Waals surface area contributed by atoms with Crippen LogP contribution in [0.25, 0.3) is 0 Å². The summed E-state index contributed by atoms with van der Waals surface area (Å²) in [5, 5.41) is 9.89. The van der Waals surface area contributed by atoms with Crippen molar-refractivity contribution >= 4 is 0 Å². The lowest BCUT2D eigenvalue weighted by Gasteiger charge is -2.30. The number of allylic oxidation sites excluding steroid dienone is 2. The molecule has 1 heteroatoms. The van der Waals surface area contributed by atoms with Gasteiger partial charge in [-0.05, 0) is 55.8 Å². The lowest BCUT2D eigenvalue weighted by Crippen LogP contribution is -2.26. The number of hydrogen-bond acceptors (Lipinski definition) is 1. The van der Waals surface area contributed by atoms with E-state index in [0.29, 0.717) is 11.8 Å². The molecule has 2 aliphatic rings. The molecule has 2 saturated carbocycles. The van der Waals surface area contributed by atoms with Crippen LogP contribution in [-0.2, 0) is 0 Å². The van der Waals surface area contributed by atoms with Crippen molar-refractivity contribution in [3.05, 3.63) is 12.2 Å². The van der Waals surface area contributed by atoms with E-state index in [0.717, 1.165) is 18.3 Å². The van der Waals surface area contributed by atoms with Gasteiger partial charge in [0, 0.05) is 0 Å². The van der Waals surface area contributed by atoms with Gasteiger partial charge in [0.25, 0.3) is 0 Å². The first kappa shape index (κ1) is 13.1. The van der Waals surface area contributed by atoms with Gasteiger partial charge >= 0.3 is 0 Å². The summed E-state index contributed by atoms with van der Waals surface area (Å²) in [6, 6.07) is 0. The van der Waals surface area contributed by atoms with E-state index in [-0.39, 0.29) is 6.10 Å². The molecule has 0 amide bonds. The van der Waals surface area contributed by atoms with E-state index in [9.17, 15) is 5.11 Å². The van der Waals surface area contributed by atoms with Crippen molar-refractivity contribution in [2.24, 2.45) is 23.7 Å². The fourth-order valence-electron chi connectivity index (χ4n) is 3.30. The molecule has 17 heavy (non-hydrogen) atoms. The molecule has 0 aromatic rings. The fraction of sp³-hybridized carbons (Fsp3) is 0.875. The molecule has 0 saturated heterocycles. The molecular weight excluding hydrogens is 208 g/mol. The van der Waals surface area contributed by atoms with Gasteiger partial charge in [0.05, 0.1) is 6.10 Å². The third-order valence-corrected chi connectivity index (χ3v) is 4.91. The maximum absolute atomic E-state index is 9.89. The standard InChI is InChI=1S/C16H28O/c1-12-3-6-14(7-4-12)9-10-15-8-5-13(2)16(17)11-15/h9-10,12-17H,3-8,11H2,1-2H3. The Labute approximate surface area is 106 Å². The Hall–Kier alpha value is -0.300. The molecule has 0 aromatic heterocycles. The summed E-state index contributed by atoms with van der Waals surface area (Å²) in [6.07, 6.45) is 13.8. The lowest BCUT2D eigenvalue weighted by atomic mass is 9.79. The van der Waals surface area contributed by atoms with Crippen molar-refractivity contribution in [3.8, 4) is 0 Å². The van der Waals surface area contributed by atoms with Crippen LogP contribution in [0.4, 0.5) is 0 Å². The Kier molecular flexibility index (Phi) is 4.67. The predicted octanol–water partition coefficient (Wildman–Crippen LogP) is 4.17. The summed E-state index contributed by atoms with van der Waals surface area (Å²) in [5.74, 6) is 2.91. The minimum Gasteiger partial charge on any atom is -0.393 e. The van der Waals surface area contributed by atoms with Crippen LogP contribution in [-0.4, -0.2) is 11.2 Å². The average molecular weight is 236 g/mol. The average Bonchev–Trinajstić information content (AvgIpc) is 2.33. The van der Waals surface area contributed by atoms with Gasteiger partial charge in [0.1, 0.15) is 0 Å². The summed E-state index contributed by atoms with van der Waals surface area (Å²) in [7, 11) is 0. The van der Waals surface area contributed by atoms with Gasteiger partial charge in [-0.25, -0.2) is 0 Å². The van der Waals surface area contributed by atoms with Crippen molar-refractivity contribution in [3.63, 3.8) is 0 Å². The largest absolute Gasteiger partial charge is 0.393 e. The Morgan fingerprint density at radius 2 is 1.41 bits per heavy atom. The summed E-state index contributed by atoms with van der Waals surface area (Å²) >= 11 is 0. The van der Waals surface area contributed by atoms with E-state index in [1.54, 1.807) is 0 Å². The Morgan fingerprint density at radius 3 is 2.06 bits per heavy atom. The Balaban J connectivity index is 1.76. The van der Waals surface area contributed by atoms with Crippen LogP contribution < -0.4 is 0 Å². The minimum absolute atomic E-state index is 0.0650. The van der Waals surface area contributed by atoms with Crippen LogP contribution in [0.15, 0.2) is 12.2 Å². The third kappa shape index (κ3) is 3.84. The Morgan fingerprint density at radius 1 is 0.824 bits per heavy atom. The number of rotatable bonds is 2. The van der Waals surface area contributed by atoms with Crippen molar-refractivity contribution < 1.29 is 5.11 Å². The predicted molar refractivity (Wildman–Crippen MR) is 72.8 cm³/mol. The highest BCUT2D eigenvalue weighted by Crippen LogP contribution is 2.32. The number of aliphatic hydroxyl groups is 1. The molecule has 0 bridgehead atoms. The van der Waals surface area contributed by atoms with Crippen LogP contribution in [0.5, 0.6) is 0 Å². The zero-order chi connectivity index (χ0) is 12.3. The summed E-state index contributed by atoms with van der Waals surface area (Å²) < 4.78 is 0. The van der Waals surface area contributed by atoms with Crippen molar-refractivity contribution in [1.82, 2.24) is 0 Å². The molecule has 0 spiro atoms. The maximum atomic E-state index is 9.89. The van der Waals surface area contributed by atoms with E-state index in [2.05, 4.69) is 26.0 Å². The first-order valence-electron chi connectivity index (χ1n) is 7.51. The van der Waals surface area contributed by atoms with E-state index in [4.69, 9.17) is 0 Å². The molecular formula is C16H28O. The molecule has 2 aliphatic carbocycles. The molecule has 1 N–H and O–H groups in total. The van der Waals surface area contributed by atoms with Crippen LogP contribution in [0.1, 0.15) is 58.8 Å². The van der Waals surface area contributed by atoms with Gasteiger partial charge in [0.2, 0.25) is 0 Å². The highest BCUT2D eigenvalue weighted by molar-refractivity contribution is 4.97. The van der Waals surface area contributed by atoms with Crippen LogP contribution in [0.2, 0.25) is 0 Å². The summed E-state index contributed by atoms with van der Waals surface area (Å²) in [5.41, 5.74) is 0. The molecule has 0 radical (unpaired) electrons. The molecule has 1 nitrogen and oxygen atoms in total.